The number of anilines is 2. The lowest BCUT2D eigenvalue weighted by Crippen LogP contribution is -2.41. The fraction of sp³-hybridized carbons (Fsp3) is 0.208. The van der Waals surface area contributed by atoms with Gasteiger partial charge in [-0.1, -0.05) is 73.5 Å². The maximum atomic E-state index is 13.7. The maximum Gasteiger partial charge on any atom is 0.329 e. The summed E-state index contributed by atoms with van der Waals surface area (Å²) in [5.41, 5.74) is 2.76. The Balaban J connectivity index is 1.95. The Morgan fingerprint density at radius 2 is 1.39 bits per heavy atom. The van der Waals surface area contributed by atoms with Crippen molar-refractivity contribution in [1.82, 2.24) is 4.90 Å². The number of unbranched alkanes of at least 4 members (excludes halogenated alkanes) is 1. The van der Waals surface area contributed by atoms with Crippen molar-refractivity contribution in [2.24, 2.45) is 0 Å². The number of amides is 2. The number of halogens is 1. The zero-order valence-electron chi connectivity index (χ0n) is 16.1. The van der Waals surface area contributed by atoms with Crippen LogP contribution in [0.2, 0.25) is 5.02 Å². The lowest BCUT2D eigenvalue weighted by atomic mass is 10.2. The predicted octanol–water partition coefficient (Wildman–Crippen LogP) is 6.90. The average molecular weight is 393 g/mol. The molecule has 0 radical (unpaired) electrons. The summed E-state index contributed by atoms with van der Waals surface area (Å²) >= 11 is 6.07. The fourth-order valence-electron chi connectivity index (χ4n) is 3.07. The van der Waals surface area contributed by atoms with Crippen molar-refractivity contribution in [1.29, 1.82) is 0 Å². The number of rotatable bonds is 7. The highest BCUT2D eigenvalue weighted by Crippen LogP contribution is 2.28. The van der Waals surface area contributed by atoms with Crippen molar-refractivity contribution in [3.63, 3.8) is 0 Å². The molecule has 3 aromatic rings. The summed E-state index contributed by atoms with van der Waals surface area (Å²) in [7, 11) is 0. The Morgan fingerprint density at radius 3 is 2.00 bits per heavy atom. The van der Waals surface area contributed by atoms with Gasteiger partial charge in [-0.2, -0.15) is 0 Å². The van der Waals surface area contributed by atoms with Crippen molar-refractivity contribution >= 4 is 29.0 Å². The van der Waals surface area contributed by atoms with E-state index < -0.39 is 0 Å². The molecule has 0 bridgehead atoms. The minimum Gasteiger partial charge on any atom is -0.320 e. The molecule has 0 aliphatic rings. The summed E-state index contributed by atoms with van der Waals surface area (Å²) in [6.07, 6.45) is 1.99. The van der Waals surface area contributed by atoms with Crippen LogP contribution < -0.4 is 4.90 Å². The number of hydrogen-bond acceptors (Lipinski definition) is 1. The van der Waals surface area contributed by atoms with Crippen LogP contribution in [0.3, 0.4) is 0 Å². The minimum atomic E-state index is -0.0363. The van der Waals surface area contributed by atoms with Gasteiger partial charge in [-0.25, -0.2) is 4.79 Å². The number of benzene rings is 3. The molecule has 28 heavy (non-hydrogen) atoms. The van der Waals surface area contributed by atoms with Crippen molar-refractivity contribution in [2.75, 3.05) is 11.4 Å². The number of carbonyl (C=O) groups excluding carboxylic acids is 1. The third kappa shape index (κ3) is 5.14. The third-order valence-electron chi connectivity index (χ3n) is 4.56. The number of nitrogens with zero attached hydrogens (tertiary/aromatic N) is 2. The standard InChI is InChI=1S/C24H25ClN2O/c1-2-3-18-26(19-20-10-6-4-7-11-20)24(28)27(22-12-8-5-9-13-22)23-16-14-21(25)15-17-23/h4-17H,2-3,18-19H2,1H3. The van der Waals surface area contributed by atoms with Crippen LogP contribution in [0.5, 0.6) is 0 Å². The molecule has 0 atom stereocenters. The Labute approximate surface area is 172 Å². The van der Waals surface area contributed by atoms with Gasteiger partial charge in [0.1, 0.15) is 0 Å². The second-order valence-corrected chi connectivity index (χ2v) is 7.13. The second-order valence-electron chi connectivity index (χ2n) is 6.69. The molecule has 0 fully saturated rings. The van der Waals surface area contributed by atoms with E-state index in [-0.39, 0.29) is 6.03 Å². The molecule has 0 N–H and O–H groups in total. The van der Waals surface area contributed by atoms with E-state index in [1.807, 2.05) is 77.7 Å². The van der Waals surface area contributed by atoms with Crippen LogP contribution in [-0.2, 0) is 6.54 Å². The van der Waals surface area contributed by atoms with Crippen LogP contribution in [0.15, 0.2) is 84.9 Å². The monoisotopic (exact) mass is 392 g/mol. The van der Waals surface area contributed by atoms with Crippen LogP contribution >= 0.6 is 11.6 Å². The van der Waals surface area contributed by atoms with Crippen molar-refractivity contribution in [3.05, 3.63) is 95.5 Å². The van der Waals surface area contributed by atoms with E-state index in [0.717, 1.165) is 29.8 Å². The number of hydrogen-bond donors (Lipinski definition) is 0. The van der Waals surface area contributed by atoms with Gasteiger partial charge in [0.2, 0.25) is 0 Å². The Kier molecular flexibility index (Phi) is 7.10. The fourth-order valence-corrected chi connectivity index (χ4v) is 3.20. The zero-order valence-corrected chi connectivity index (χ0v) is 16.8. The molecule has 0 aliphatic heterocycles. The molecule has 0 aliphatic carbocycles. The van der Waals surface area contributed by atoms with Gasteiger partial charge >= 0.3 is 6.03 Å². The lowest BCUT2D eigenvalue weighted by molar-refractivity contribution is 0.203. The first-order valence-corrected chi connectivity index (χ1v) is 10.0. The van der Waals surface area contributed by atoms with Crippen LogP contribution in [-0.4, -0.2) is 17.5 Å². The summed E-state index contributed by atoms with van der Waals surface area (Å²) in [5, 5.41) is 0.649. The minimum absolute atomic E-state index is 0.0363. The average Bonchev–Trinajstić information content (AvgIpc) is 2.74. The number of para-hydroxylation sites is 1. The van der Waals surface area contributed by atoms with Crippen LogP contribution in [0, 0.1) is 0 Å². The van der Waals surface area contributed by atoms with Gasteiger partial charge in [-0.15, -0.1) is 0 Å². The summed E-state index contributed by atoms with van der Waals surface area (Å²) in [4.78, 5) is 17.3. The van der Waals surface area contributed by atoms with Gasteiger partial charge in [0.15, 0.2) is 0 Å². The summed E-state index contributed by atoms with van der Waals surface area (Å²) < 4.78 is 0. The van der Waals surface area contributed by atoms with Gasteiger partial charge in [-0.05, 0) is 48.4 Å². The van der Waals surface area contributed by atoms with Crippen LogP contribution in [0.25, 0.3) is 0 Å². The molecule has 3 aromatic carbocycles. The largest absolute Gasteiger partial charge is 0.329 e. The normalized spacial score (nSPS) is 10.5. The maximum absolute atomic E-state index is 13.7. The summed E-state index contributed by atoms with van der Waals surface area (Å²) in [6, 6.07) is 27.2. The highest BCUT2D eigenvalue weighted by Gasteiger charge is 2.24. The zero-order chi connectivity index (χ0) is 19.8. The molecule has 0 saturated carbocycles. The summed E-state index contributed by atoms with van der Waals surface area (Å²) in [5.74, 6) is 0. The molecular weight excluding hydrogens is 368 g/mol. The molecule has 0 unspecified atom stereocenters. The molecule has 3 rings (SSSR count). The molecule has 0 heterocycles. The Hall–Kier alpha value is -2.78. The first-order chi connectivity index (χ1) is 13.7. The molecule has 2 amide bonds. The van der Waals surface area contributed by atoms with Gasteiger partial charge in [-0.3, -0.25) is 4.90 Å². The topological polar surface area (TPSA) is 23.6 Å². The van der Waals surface area contributed by atoms with Crippen molar-refractivity contribution < 1.29 is 4.79 Å². The predicted molar refractivity (Wildman–Crippen MR) is 117 cm³/mol. The SMILES string of the molecule is CCCCN(Cc1ccccc1)C(=O)N(c1ccccc1)c1ccc(Cl)cc1. The first-order valence-electron chi connectivity index (χ1n) is 9.62. The molecule has 144 valence electrons. The van der Waals surface area contributed by atoms with E-state index in [1.165, 1.54) is 0 Å². The smallest absolute Gasteiger partial charge is 0.320 e. The molecule has 4 heteroatoms. The number of urea groups is 1. The lowest BCUT2D eigenvalue weighted by Gasteiger charge is -2.31. The van der Waals surface area contributed by atoms with Crippen molar-refractivity contribution in [3.8, 4) is 0 Å². The molecular formula is C24H25ClN2O. The molecule has 0 aromatic heterocycles. The van der Waals surface area contributed by atoms with E-state index in [2.05, 4.69) is 19.1 Å². The molecule has 0 spiro atoms. The van der Waals surface area contributed by atoms with Gasteiger partial charge < -0.3 is 4.90 Å². The summed E-state index contributed by atoms with van der Waals surface area (Å²) in [6.45, 7) is 3.43. The first kappa shape index (κ1) is 20.0. The Morgan fingerprint density at radius 1 is 0.821 bits per heavy atom. The molecule has 0 saturated heterocycles. The van der Waals surface area contributed by atoms with E-state index >= 15 is 0 Å². The van der Waals surface area contributed by atoms with E-state index in [1.54, 1.807) is 4.90 Å². The number of carbonyl (C=O) groups is 1. The quantitative estimate of drug-likeness (QED) is 0.429. The van der Waals surface area contributed by atoms with Crippen molar-refractivity contribution in [2.45, 2.75) is 26.3 Å². The van der Waals surface area contributed by atoms with Gasteiger partial charge in [0, 0.05) is 18.1 Å². The van der Waals surface area contributed by atoms with E-state index in [9.17, 15) is 4.79 Å². The van der Waals surface area contributed by atoms with E-state index in [4.69, 9.17) is 11.6 Å². The van der Waals surface area contributed by atoms with Crippen LogP contribution in [0.4, 0.5) is 16.2 Å². The van der Waals surface area contributed by atoms with E-state index in [0.29, 0.717) is 18.1 Å². The second kappa shape index (κ2) is 9.95. The van der Waals surface area contributed by atoms with Crippen LogP contribution in [0.1, 0.15) is 25.3 Å². The van der Waals surface area contributed by atoms with Gasteiger partial charge in [0.05, 0.1) is 11.4 Å². The Bertz CT molecular complexity index is 866. The van der Waals surface area contributed by atoms with Gasteiger partial charge in [0.25, 0.3) is 0 Å². The highest BCUT2D eigenvalue weighted by molar-refractivity contribution is 6.30. The molecule has 3 nitrogen and oxygen atoms in total. The highest BCUT2D eigenvalue weighted by atomic mass is 35.5. The third-order valence-corrected chi connectivity index (χ3v) is 4.81.